The molecule has 0 aliphatic carbocycles. The molecule has 1 aliphatic rings. The fourth-order valence-electron chi connectivity index (χ4n) is 3.27. The Bertz CT molecular complexity index is 1160. The summed E-state index contributed by atoms with van der Waals surface area (Å²) in [4.78, 5) is 30.9. The fraction of sp³-hybridized carbons (Fsp3) is 0.263. The van der Waals surface area contributed by atoms with Crippen LogP contribution in [0.1, 0.15) is 20.8 Å². The molecule has 0 atom stereocenters. The quantitative estimate of drug-likeness (QED) is 0.639. The SMILES string of the molecule is N#Cc1c(N2CCOCC2)sc(C(=O)O)c1Cn1cnc2ccccc2c1=O.[Na]. The van der Waals surface area contributed by atoms with Gasteiger partial charge in [0, 0.05) is 48.2 Å². The Balaban J connectivity index is 0.00000240. The average Bonchev–Trinajstić information content (AvgIpc) is 3.09. The predicted molar refractivity (Wildman–Crippen MR) is 110 cm³/mol. The number of carbonyl (C=O) groups is 1. The number of hydrogen-bond donors (Lipinski definition) is 1. The number of ether oxygens (including phenoxy) is 1. The van der Waals surface area contributed by atoms with Gasteiger partial charge in [-0.1, -0.05) is 12.1 Å². The van der Waals surface area contributed by atoms with Crippen molar-refractivity contribution in [3.63, 3.8) is 0 Å². The van der Waals surface area contributed by atoms with Crippen LogP contribution in [0.2, 0.25) is 0 Å². The molecular weight excluding hydrogens is 403 g/mol. The average molecular weight is 419 g/mol. The molecule has 0 bridgehead atoms. The van der Waals surface area contributed by atoms with Gasteiger partial charge in [0.05, 0.1) is 42.6 Å². The van der Waals surface area contributed by atoms with Gasteiger partial charge in [0.15, 0.2) is 0 Å². The molecule has 2 aromatic heterocycles. The molecule has 1 radical (unpaired) electrons. The number of anilines is 1. The summed E-state index contributed by atoms with van der Waals surface area (Å²) < 4.78 is 6.69. The van der Waals surface area contributed by atoms with Crippen LogP contribution in [0.5, 0.6) is 0 Å². The third-order valence-corrected chi connectivity index (χ3v) is 5.93. The van der Waals surface area contributed by atoms with Gasteiger partial charge in [-0.05, 0) is 12.1 Å². The van der Waals surface area contributed by atoms with Gasteiger partial charge in [0.2, 0.25) is 0 Å². The van der Waals surface area contributed by atoms with Crippen LogP contribution in [-0.4, -0.2) is 76.5 Å². The second-order valence-electron chi connectivity index (χ2n) is 6.30. The number of morpholine rings is 1. The Morgan fingerprint density at radius 1 is 1.31 bits per heavy atom. The molecule has 1 aliphatic heterocycles. The third-order valence-electron chi connectivity index (χ3n) is 4.65. The summed E-state index contributed by atoms with van der Waals surface area (Å²) in [6, 6.07) is 9.11. The summed E-state index contributed by atoms with van der Waals surface area (Å²) in [6.07, 6.45) is 1.39. The topological polar surface area (TPSA) is 108 Å². The Morgan fingerprint density at radius 3 is 2.72 bits per heavy atom. The first-order chi connectivity index (χ1) is 13.6. The van der Waals surface area contributed by atoms with Crippen molar-refractivity contribution in [1.29, 1.82) is 5.26 Å². The molecule has 10 heteroatoms. The molecule has 1 aromatic carbocycles. The summed E-state index contributed by atoms with van der Waals surface area (Å²) in [5.74, 6) is -1.11. The number of para-hydroxylation sites is 1. The number of thiophene rings is 1. The first kappa shape index (κ1) is 21.5. The molecule has 0 amide bonds. The number of carboxylic acids is 1. The summed E-state index contributed by atoms with van der Waals surface area (Å²) in [6.45, 7) is 2.20. The zero-order chi connectivity index (χ0) is 19.7. The second kappa shape index (κ2) is 9.07. The van der Waals surface area contributed by atoms with E-state index in [4.69, 9.17) is 4.74 Å². The maximum Gasteiger partial charge on any atom is 0.346 e. The summed E-state index contributed by atoms with van der Waals surface area (Å²) in [5, 5.41) is 20.5. The van der Waals surface area contributed by atoms with E-state index in [-0.39, 0.29) is 46.5 Å². The molecule has 0 spiro atoms. The van der Waals surface area contributed by atoms with Gasteiger partial charge in [-0.25, -0.2) is 9.78 Å². The Morgan fingerprint density at radius 2 is 2.03 bits per heavy atom. The Kier molecular flexibility index (Phi) is 6.72. The van der Waals surface area contributed by atoms with Crippen molar-refractivity contribution in [2.75, 3.05) is 31.2 Å². The molecule has 1 fully saturated rings. The standard InChI is InChI=1S/C19H16N4O4S.Na/c20-9-13-14(10-23-11-21-15-4-2-1-3-12(15)17(23)24)16(19(25)26)28-18(13)22-5-7-27-8-6-22;/h1-4,11H,5-8,10H2,(H,25,26);. The van der Waals surface area contributed by atoms with E-state index in [2.05, 4.69) is 11.1 Å². The summed E-state index contributed by atoms with van der Waals surface area (Å²) in [7, 11) is 0. The van der Waals surface area contributed by atoms with E-state index in [9.17, 15) is 20.0 Å². The van der Waals surface area contributed by atoms with Crippen molar-refractivity contribution in [3.05, 3.63) is 57.0 Å². The molecule has 8 nitrogen and oxygen atoms in total. The van der Waals surface area contributed by atoms with Crippen molar-refractivity contribution in [3.8, 4) is 6.07 Å². The van der Waals surface area contributed by atoms with Crippen molar-refractivity contribution in [2.45, 2.75) is 6.54 Å². The van der Waals surface area contributed by atoms with E-state index in [1.807, 2.05) is 4.90 Å². The molecule has 1 saturated heterocycles. The predicted octanol–water partition coefficient (Wildman–Crippen LogP) is 1.53. The monoisotopic (exact) mass is 419 g/mol. The molecule has 3 heterocycles. The maximum atomic E-state index is 12.8. The van der Waals surface area contributed by atoms with Gasteiger partial charge in [0.25, 0.3) is 5.56 Å². The number of benzene rings is 1. The van der Waals surface area contributed by atoms with Crippen LogP contribution in [0.25, 0.3) is 10.9 Å². The number of rotatable bonds is 4. The van der Waals surface area contributed by atoms with Crippen molar-refractivity contribution < 1.29 is 14.6 Å². The Labute approximate surface area is 192 Å². The van der Waals surface area contributed by atoms with Gasteiger partial charge in [0.1, 0.15) is 15.9 Å². The number of hydrogen-bond acceptors (Lipinski definition) is 7. The summed E-state index contributed by atoms with van der Waals surface area (Å²) >= 11 is 1.07. The van der Waals surface area contributed by atoms with E-state index in [1.165, 1.54) is 10.9 Å². The molecule has 0 unspecified atom stereocenters. The molecular formula is C19H16N4NaO4S. The molecule has 0 saturated carbocycles. The number of fused-ring (bicyclic) bond motifs is 1. The van der Waals surface area contributed by atoms with Crippen LogP contribution in [0, 0.1) is 11.3 Å². The zero-order valence-electron chi connectivity index (χ0n) is 15.8. The van der Waals surface area contributed by atoms with Crippen LogP contribution in [0.3, 0.4) is 0 Å². The first-order valence-corrected chi connectivity index (χ1v) is 9.47. The molecule has 143 valence electrons. The first-order valence-electron chi connectivity index (χ1n) is 8.66. The van der Waals surface area contributed by atoms with Crippen LogP contribution < -0.4 is 10.5 Å². The van der Waals surface area contributed by atoms with Crippen LogP contribution in [0.4, 0.5) is 5.00 Å². The number of carboxylic acid groups (broad SMARTS) is 1. The summed E-state index contributed by atoms with van der Waals surface area (Å²) in [5.41, 5.74) is 0.928. The fourth-order valence-corrected chi connectivity index (χ4v) is 4.42. The van der Waals surface area contributed by atoms with Gasteiger partial charge < -0.3 is 14.7 Å². The van der Waals surface area contributed by atoms with Gasteiger partial charge in [-0.2, -0.15) is 5.26 Å². The molecule has 29 heavy (non-hydrogen) atoms. The smallest absolute Gasteiger partial charge is 0.346 e. The Hall–Kier alpha value is -2.22. The van der Waals surface area contributed by atoms with E-state index in [0.717, 1.165) is 11.3 Å². The van der Waals surface area contributed by atoms with Crippen LogP contribution >= 0.6 is 11.3 Å². The number of aromatic nitrogens is 2. The molecule has 4 rings (SSSR count). The zero-order valence-corrected chi connectivity index (χ0v) is 18.6. The maximum absolute atomic E-state index is 12.8. The minimum absolute atomic E-state index is 0. The molecule has 3 aromatic rings. The van der Waals surface area contributed by atoms with E-state index >= 15 is 0 Å². The van der Waals surface area contributed by atoms with E-state index < -0.39 is 5.97 Å². The number of nitriles is 1. The number of nitrogens with zero attached hydrogens (tertiary/aromatic N) is 4. The van der Waals surface area contributed by atoms with Crippen molar-refractivity contribution >= 4 is 62.8 Å². The molecule has 1 N–H and O–H groups in total. The van der Waals surface area contributed by atoms with Crippen molar-refractivity contribution in [2.24, 2.45) is 0 Å². The number of aromatic carboxylic acids is 1. The minimum atomic E-state index is -1.11. The second-order valence-corrected chi connectivity index (χ2v) is 7.30. The largest absolute Gasteiger partial charge is 0.477 e. The van der Waals surface area contributed by atoms with Gasteiger partial charge in [-0.3, -0.25) is 9.36 Å². The van der Waals surface area contributed by atoms with E-state index in [0.29, 0.717) is 53.3 Å². The normalized spacial score (nSPS) is 13.7. The van der Waals surface area contributed by atoms with Crippen LogP contribution in [0.15, 0.2) is 35.4 Å². The van der Waals surface area contributed by atoms with Gasteiger partial charge in [-0.15, -0.1) is 11.3 Å². The van der Waals surface area contributed by atoms with Crippen LogP contribution in [-0.2, 0) is 11.3 Å². The van der Waals surface area contributed by atoms with E-state index in [1.54, 1.807) is 24.3 Å². The van der Waals surface area contributed by atoms with Crippen molar-refractivity contribution in [1.82, 2.24) is 9.55 Å². The minimum Gasteiger partial charge on any atom is -0.477 e. The third kappa shape index (κ3) is 4.08. The van der Waals surface area contributed by atoms with Gasteiger partial charge >= 0.3 is 5.97 Å².